The van der Waals surface area contributed by atoms with E-state index in [-0.39, 0.29) is 25.7 Å². The predicted molar refractivity (Wildman–Crippen MR) is 358 cm³/mol. The van der Waals surface area contributed by atoms with Crippen molar-refractivity contribution in [3.8, 4) is 0 Å². The third-order valence-corrected chi connectivity index (χ3v) is 18.1. The van der Waals surface area contributed by atoms with Crippen LogP contribution in [0.4, 0.5) is 0 Å². The number of carbonyl (C=O) groups is 4. The van der Waals surface area contributed by atoms with Crippen LogP contribution in [0.5, 0.6) is 0 Å². The number of carbonyl (C=O) groups excluding carboxylic acids is 4. The van der Waals surface area contributed by atoms with Crippen LogP contribution in [0.2, 0.25) is 0 Å². The molecular formula is C70H136O17P2. The van der Waals surface area contributed by atoms with Crippen molar-refractivity contribution in [3.63, 3.8) is 0 Å². The fraction of sp³-hybridized carbons (Fsp3) is 0.943. The van der Waals surface area contributed by atoms with E-state index in [0.717, 1.165) is 102 Å². The summed E-state index contributed by atoms with van der Waals surface area (Å²) in [7, 11) is -9.89. The average Bonchev–Trinajstić information content (AvgIpc) is 3.66. The molecule has 0 fully saturated rings. The molecule has 3 N–H and O–H groups in total. The third-order valence-electron chi connectivity index (χ3n) is 16.2. The molecule has 2 unspecified atom stereocenters. The van der Waals surface area contributed by atoms with Crippen molar-refractivity contribution >= 4 is 39.5 Å². The highest BCUT2D eigenvalue weighted by atomic mass is 31.2. The minimum Gasteiger partial charge on any atom is -0.462 e. The maximum atomic E-state index is 13.0. The van der Waals surface area contributed by atoms with Gasteiger partial charge in [-0.3, -0.25) is 37.3 Å². The summed E-state index contributed by atoms with van der Waals surface area (Å²) in [5, 5.41) is 10.6. The van der Waals surface area contributed by atoms with E-state index in [1.807, 2.05) is 0 Å². The Morgan fingerprint density at radius 1 is 0.303 bits per heavy atom. The molecule has 0 aliphatic rings. The summed E-state index contributed by atoms with van der Waals surface area (Å²) in [5.41, 5.74) is 0. The molecule has 0 saturated carbocycles. The van der Waals surface area contributed by atoms with Gasteiger partial charge in [-0.2, -0.15) is 0 Å². The van der Waals surface area contributed by atoms with Crippen molar-refractivity contribution in [2.45, 2.75) is 374 Å². The highest BCUT2D eigenvalue weighted by Crippen LogP contribution is 2.45. The number of phosphoric acid groups is 2. The highest BCUT2D eigenvalue weighted by Gasteiger charge is 2.30. The number of hydrogen-bond donors (Lipinski definition) is 3. The van der Waals surface area contributed by atoms with Gasteiger partial charge in [-0.25, -0.2) is 9.13 Å². The summed E-state index contributed by atoms with van der Waals surface area (Å²) in [6.07, 6.45) is 47.6. The van der Waals surface area contributed by atoms with Crippen molar-refractivity contribution in [2.24, 2.45) is 11.8 Å². The van der Waals surface area contributed by atoms with Gasteiger partial charge in [0.15, 0.2) is 12.2 Å². The summed E-state index contributed by atoms with van der Waals surface area (Å²) in [5.74, 6) is -0.709. The molecule has 528 valence electrons. The Balaban J connectivity index is 5.16. The van der Waals surface area contributed by atoms with Gasteiger partial charge in [-0.1, -0.05) is 305 Å². The zero-order valence-electron chi connectivity index (χ0n) is 57.7. The number of unbranched alkanes of at least 4 members (excludes halogenated alkanes) is 39. The Morgan fingerprint density at radius 3 is 0.764 bits per heavy atom. The molecule has 0 aliphatic carbocycles. The van der Waals surface area contributed by atoms with E-state index in [9.17, 15) is 43.2 Å². The van der Waals surface area contributed by atoms with Crippen LogP contribution < -0.4 is 0 Å². The van der Waals surface area contributed by atoms with Gasteiger partial charge in [0, 0.05) is 25.7 Å². The number of ether oxygens (including phenoxy) is 4. The Hall–Kier alpha value is -1.94. The van der Waals surface area contributed by atoms with Crippen molar-refractivity contribution in [3.05, 3.63) is 0 Å². The normalized spacial score (nSPS) is 14.1. The summed E-state index contributed by atoms with van der Waals surface area (Å²) in [4.78, 5) is 72.4. The monoisotopic (exact) mass is 1310 g/mol. The Morgan fingerprint density at radius 2 is 0.517 bits per heavy atom. The summed E-state index contributed by atoms with van der Waals surface area (Å²) < 4.78 is 68.1. The maximum Gasteiger partial charge on any atom is 0.472 e. The smallest absolute Gasteiger partial charge is 0.462 e. The fourth-order valence-electron chi connectivity index (χ4n) is 10.6. The van der Waals surface area contributed by atoms with Crippen LogP contribution >= 0.6 is 15.6 Å². The molecule has 0 aromatic heterocycles. The Labute approximate surface area is 543 Å². The van der Waals surface area contributed by atoms with Gasteiger partial charge in [0.2, 0.25) is 0 Å². The van der Waals surface area contributed by atoms with Crippen LogP contribution in [0.15, 0.2) is 0 Å². The van der Waals surface area contributed by atoms with Crippen LogP contribution in [0.25, 0.3) is 0 Å². The molecule has 0 heterocycles. The quantitative estimate of drug-likeness (QED) is 0.0222. The van der Waals surface area contributed by atoms with Crippen LogP contribution in [-0.4, -0.2) is 96.7 Å². The molecule has 0 aromatic rings. The highest BCUT2D eigenvalue weighted by molar-refractivity contribution is 7.47. The van der Waals surface area contributed by atoms with Gasteiger partial charge in [-0.15, -0.1) is 0 Å². The summed E-state index contributed by atoms with van der Waals surface area (Å²) in [6, 6.07) is 0. The standard InChI is InChI=1S/C70H136O17P2/c1-7-9-11-13-15-17-18-19-20-21-22-23-24-25-26-27-28-36-42-48-54-69(74)86-65(59-81-68(73)53-47-41-35-30-29-32-38-44-50-62(3)4)60-84-88(76,77)82-56-64(71)57-83-89(78,79)85-61-66(58-80-67(72)52-46-40-34-16-14-12-10-8-2)87-70(75)55-49-43-37-31-33-39-45-51-63(5)6/h62-66,71H,7-61H2,1-6H3,(H,76,77)(H,78,79)/t64-,65-,66-/m1/s1. The van der Waals surface area contributed by atoms with Crippen LogP contribution in [0.3, 0.4) is 0 Å². The molecule has 0 rings (SSSR count). The minimum atomic E-state index is -4.95. The molecule has 17 nitrogen and oxygen atoms in total. The van der Waals surface area contributed by atoms with Crippen molar-refractivity contribution in [1.82, 2.24) is 0 Å². The zero-order valence-corrected chi connectivity index (χ0v) is 59.5. The molecule has 0 spiro atoms. The first-order valence-corrected chi connectivity index (χ1v) is 39.5. The number of aliphatic hydroxyl groups is 1. The largest absolute Gasteiger partial charge is 0.472 e. The second-order valence-corrected chi connectivity index (χ2v) is 29.1. The molecule has 0 aromatic carbocycles. The van der Waals surface area contributed by atoms with E-state index < -0.39 is 97.5 Å². The molecule has 5 atom stereocenters. The van der Waals surface area contributed by atoms with E-state index in [1.54, 1.807) is 0 Å². The van der Waals surface area contributed by atoms with Gasteiger partial charge in [0.1, 0.15) is 19.3 Å². The number of esters is 4. The predicted octanol–water partition coefficient (Wildman–Crippen LogP) is 20.0. The third kappa shape index (κ3) is 64.6. The first-order valence-electron chi connectivity index (χ1n) is 36.5. The minimum absolute atomic E-state index is 0.103. The average molecular weight is 1310 g/mol. The Bertz CT molecular complexity index is 1730. The van der Waals surface area contributed by atoms with E-state index in [1.165, 1.54) is 167 Å². The molecule has 0 amide bonds. The number of hydrogen-bond acceptors (Lipinski definition) is 15. The van der Waals surface area contributed by atoms with E-state index in [4.69, 9.17) is 37.0 Å². The molecule has 0 aliphatic heterocycles. The lowest BCUT2D eigenvalue weighted by Gasteiger charge is -2.21. The zero-order chi connectivity index (χ0) is 65.7. The SMILES string of the molecule is CCCCCCCCCCCCCCCCCCCCCCC(=O)O[C@H](COC(=O)CCCCCCCCCCC(C)C)COP(=O)(O)OC[C@@H](O)COP(=O)(O)OC[C@@H](COC(=O)CCCCCCCCCC)OC(=O)CCCCCCCCCC(C)C. The van der Waals surface area contributed by atoms with Crippen molar-refractivity contribution < 1.29 is 80.2 Å². The van der Waals surface area contributed by atoms with Gasteiger partial charge in [0.25, 0.3) is 0 Å². The first-order chi connectivity index (χ1) is 42.9. The number of rotatable bonds is 69. The number of phosphoric ester groups is 2. The lowest BCUT2D eigenvalue weighted by molar-refractivity contribution is -0.161. The Kier molecular flexibility index (Phi) is 60.8. The lowest BCUT2D eigenvalue weighted by Crippen LogP contribution is -2.30. The van der Waals surface area contributed by atoms with Crippen molar-refractivity contribution in [2.75, 3.05) is 39.6 Å². The van der Waals surface area contributed by atoms with Gasteiger partial charge >= 0.3 is 39.5 Å². The van der Waals surface area contributed by atoms with Crippen LogP contribution in [0.1, 0.15) is 356 Å². The van der Waals surface area contributed by atoms with E-state index in [0.29, 0.717) is 31.6 Å². The van der Waals surface area contributed by atoms with Gasteiger partial charge in [-0.05, 0) is 37.5 Å². The molecule has 0 radical (unpaired) electrons. The second kappa shape index (κ2) is 62.2. The maximum absolute atomic E-state index is 13.0. The second-order valence-electron chi connectivity index (χ2n) is 26.2. The first kappa shape index (κ1) is 87.1. The molecule has 0 bridgehead atoms. The van der Waals surface area contributed by atoms with Gasteiger partial charge in [0.05, 0.1) is 26.4 Å². The molecular weight excluding hydrogens is 1170 g/mol. The van der Waals surface area contributed by atoms with Gasteiger partial charge < -0.3 is 33.8 Å². The molecule has 0 saturated heterocycles. The summed E-state index contributed by atoms with van der Waals surface area (Å²) >= 11 is 0. The van der Waals surface area contributed by atoms with Crippen LogP contribution in [0, 0.1) is 11.8 Å². The van der Waals surface area contributed by atoms with Crippen molar-refractivity contribution in [1.29, 1.82) is 0 Å². The number of aliphatic hydroxyl groups excluding tert-OH is 1. The summed E-state index contributed by atoms with van der Waals surface area (Å²) in [6.45, 7) is 9.42. The van der Waals surface area contributed by atoms with E-state index >= 15 is 0 Å². The topological polar surface area (TPSA) is 237 Å². The van der Waals surface area contributed by atoms with E-state index in [2.05, 4.69) is 41.5 Å². The molecule has 89 heavy (non-hydrogen) atoms. The van der Waals surface area contributed by atoms with Crippen LogP contribution in [-0.2, 0) is 65.4 Å². The fourth-order valence-corrected chi connectivity index (χ4v) is 12.2. The lowest BCUT2D eigenvalue weighted by atomic mass is 10.0. The molecule has 19 heteroatoms.